The zero-order chi connectivity index (χ0) is 21.3. The van der Waals surface area contributed by atoms with E-state index in [-0.39, 0.29) is 24.4 Å². The van der Waals surface area contributed by atoms with Crippen LogP contribution in [0.2, 0.25) is 0 Å². The predicted octanol–water partition coefficient (Wildman–Crippen LogP) is 2.46. The molecule has 0 saturated carbocycles. The number of hydrogen-bond acceptors (Lipinski definition) is 8. The van der Waals surface area contributed by atoms with Crippen LogP contribution in [0.25, 0.3) is 11.1 Å². The second-order valence-electron chi connectivity index (χ2n) is 8.45. The molecule has 2 aromatic rings. The normalized spacial score (nSPS) is 26.9. The zero-order valence-corrected chi connectivity index (χ0v) is 17.7. The number of hydrogen-bond donors (Lipinski definition) is 0. The van der Waals surface area contributed by atoms with E-state index in [0.717, 1.165) is 60.6 Å². The molecule has 0 radical (unpaired) electrons. The van der Waals surface area contributed by atoms with E-state index < -0.39 is 0 Å². The molecule has 0 bridgehead atoms. The van der Waals surface area contributed by atoms with Gasteiger partial charge in [0.2, 0.25) is 0 Å². The topological polar surface area (TPSA) is 87.0 Å². The van der Waals surface area contributed by atoms with Crippen LogP contribution in [0, 0.1) is 0 Å². The molecular formula is C24H26O8. The lowest BCUT2D eigenvalue weighted by atomic mass is 10.0. The Hall–Kier alpha value is -2.52. The summed E-state index contributed by atoms with van der Waals surface area (Å²) >= 11 is 0. The molecule has 4 aliphatic rings. The first-order chi connectivity index (χ1) is 15.8. The van der Waals surface area contributed by atoms with Crippen molar-refractivity contribution in [2.24, 2.45) is 0 Å². The molecule has 32 heavy (non-hydrogen) atoms. The van der Waals surface area contributed by atoms with E-state index in [9.17, 15) is 0 Å². The van der Waals surface area contributed by atoms with Gasteiger partial charge in [-0.3, -0.25) is 0 Å². The Morgan fingerprint density at radius 3 is 0.938 bits per heavy atom. The van der Waals surface area contributed by atoms with E-state index in [1.54, 1.807) is 0 Å². The SMILES string of the molecule is c1c(OCC2CO2)cc(-c2cc(OCC3CO3)cc(OCC3CO3)c2)cc1OCC1CO1. The van der Waals surface area contributed by atoms with Crippen LogP contribution in [0.1, 0.15) is 0 Å². The Morgan fingerprint density at radius 2 is 0.719 bits per heavy atom. The zero-order valence-electron chi connectivity index (χ0n) is 17.7. The molecule has 4 aliphatic heterocycles. The van der Waals surface area contributed by atoms with Crippen LogP contribution in [0.4, 0.5) is 0 Å². The number of epoxide rings is 4. The van der Waals surface area contributed by atoms with Crippen LogP contribution in [0.5, 0.6) is 23.0 Å². The summed E-state index contributed by atoms with van der Waals surface area (Å²) in [5.74, 6) is 2.93. The molecule has 8 heteroatoms. The molecule has 0 N–H and O–H groups in total. The second-order valence-corrected chi connectivity index (χ2v) is 8.45. The molecule has 0 spiro atoms. The standard InChI is InChI=1S/C24H26O8/c1-15(2-18(26-8-22-12-30-22)5-17(1)25-7-21-11-29-21)16-3-19(27-9-23-13-31-23)6-20(4-16)28-10-24-14-32-24/h1-6,21-24H,7-14H2. The van der Waals surface area contributed by atoms with Gasteiger partial charge in [0.25, 0.3) is 0 Å². The van der Waals surface area contributed by atoms with Crippen LogP contribution in [0.15, 0.2) is 36.4 Å². The van der Waals surface area contributed by atoms with Crippen molar-refractivity contribution in [2.45, 2.75) is 24.4 Å². The van der Waals surface area contributed by atoms with Crippen molar-refractivity contribution in [2.75, 3.05) is 52.9 Å². The van der Waals surface area contributed by atoms with Gasteiger partial charge >= 0.3 is 0 Å². The van der Waals surface area contributed by atoms with Crippen LogP contribution in [-0.4, -0.2) is 77.3 Å². The van der Waals surface area contributed by atoms with Crippen molar-refractivity contribution in [1.82, 2.24) is 0 Å². The highest BCUT2D eigenvalue weighted by Gasteiger charge is 2.26. The predicted molar refractivity (Wildman–Crippen MR) is 113 cm³/mol. The third-order valence-corrected chi connectivity index (χ3v) is 5.45. The summed E-state index contributed by atoms with van der Waals surface area (Å²) < 4.78 is 44.9. The summed E-state index contributed by atoms with van der Waals surface area (Å²) in [5.41, 5.74) is 1.90. The highest BCUT2D eigenvalue weighted by Crippen LogP contribution is 2.36. The van der Waals surface area contributed by atoms with Crippen LogP contribution < -0.4 is 18.9 Å². The minimum absolute atomic E-state index is 0.175. The first-order valence-electron chi connectivity index (χ1n) is 11.0. The van der Waals surface area contributed by atoms with Crippen molar-refractivity contribution < 1.29 is 37.9 Å². The van der Waals surface area contributed by atoms with Gasteiger partial charge < -0.3 is 37.9 Å². The minimum atomic E-state index is 0.175. The van der Waals surface area contributed by atoms with Crippen LogP contribution in [0.3, 0.4) is 0 Å². The number of benzene rings is 2. The fraction of sp³-hybridized carbons (Fsp3) is 0.500. The molecular weight excluding hydrogens is 416 g/mol. The largest absolute Gasteiger partial charge is 0.491 e. The Balaban J connectivity index is 1.26. The molecule has 0 aromatic heterocycles. The van der Waals surface area contributed by atoms with E-state index in [0.29, 0.717) is 26.4 Å². The van der Waals surface area contributed by atoms with Crippen molar-refractivity contribution in [1.29, 1.82) is 0 Å². The van der Waals surface area contributed by atoms with Gasteiger partial charge in [0, 0.05) is 12.1 Å². The van der Waals surface area contributed by atoms with E-state index >= 15 is 0 Å². The second kappa shape index (κ2) is 8.78. The molecule has 4 saturated heterocycles. The lowest BCUT2D eigenvalue weighted by molar-refractivity contribution is 0.252. The van der Waals surface area contributed by atoms with Crippen LogP contribution in [-0.2, 0) is 18.9 Å². The number of rotatable bonds is 13. The first-order valence-corrected chi connectivity index (χ1v) is 11.0. The molecule has 8 nitrogen and oxygen atoms in total. The van der Waals surface area contributed by atoms with Crippen molar-refractivity contribution in [3.63, 3.8) is 0 Å². The highest BCUT2D eigenvalue weighted by molar-refractivity contribution is 5.70. The summed E-state index contributed by atoms with van der Waals surface area (Å²) in [6.45, 7) is 5.08. The van der Waals surface area contributed by atoms with E-state index in [1.165, 1.54) is 0 Å². The van der Waals surface area contributed by atoms with Crippen molar-refractivity contribution >= 4 is 0 Å². The minimum Gasteiger partial charge on any atom is -0.491 e. The molecule has 0 aliphatic carbocycles. The Morgan fingerprint density at radius 1 is 0.469 bits per heavy atom. The Labute approximate surface area is 186 Å². The van der Waals surface area contributed by atoms with Gasteiger partial charge in [0.15, 0.2) is 0 Å². The quantitative estimate of drug-likeness (QED) is 0.437. The smallest absolute Gasteiger partial charge is 0.123 e. The fourth-order valence-electron chi connectivity index (χ4n) is 3.22. The van der Waals surface area contributed by atoms with E-state index in [2.05, 4.69) is 0 Å². The third kappa shape index (κ3) is 5.83. The number of ether oxygens (including phenoxy) is 8. The van der Waals surface area contributed by atoms with Gasteiger partial charge in [-0.15, -0.1) is 0 Å². The maximum Gasteiger partial charge on any atom is 0.123 e. The van der Waals surface area contributed by atoms with Crippen LogP contribution >= 0.6 is 0 Å². The summed E-state index contributed by atoms with van der Waals surface area (Å²) in [7, 11) is 0. The lowest BCUT2D eigenvalue weighted by Crippen LogP contribution is -2.07. The molecule has 6 rings (SSSR count). The molecule has 4 heterocycles. The van der Waals surface area contributed by atoms with E-state index in [1.807, 2.05) is 36.4 Å². The Kier molecular flexibility index (Phi) is 5.52. The molecule has 4 unspecified atom stereocenters. The maximum atomic E-state index is 5.96. The van der Waals surface area contributed by atoms with Gasteiger partial charge in [-0.05, 0) is 35.4 Å². The van der Waals surface area contributed by atoms with Crippen molar-refractivity contribution in [3.05, 3.63) is 36.4 Å². The lowest BCUT2D eigenvalue weighted by Gasteiger charge is -2.14. The highest BCUT2D eigenvalue weighted by atomic mass is 16.6. The average molecular weight is 442 g/mol. The summed E-state index contributed by atoms with van der Waals surface area (Å²) in [5, 5.41) is 0. The molecule has 170 valence electrons. The maximum absolute atomic E-state index is 5.96. The summed E-state index contributed by atoms with van der Waals surface area (Å²) in [6.07, 6.45) is 0.700. The van der Waals surface area contributed by atoms with E-state index in [4.69, 9.17) is 37.9 Å². The van der Waals surface area contributed by atoms with Crippen molar-refractivity contribution in [3.8, 4) is 34.1 Å². The van der Waals surface area contributed by atoms with Gasteiger partial charge in [-0.2, -0.15) is 0 Å². The van der Waals surface area contributed by atoms with Gasteiger partial charge in [-0.1, -0.05) is 0 Å². The monoisotopic (exact) mass is 442 g/mol. The average Bonchev–Trinajstić information content (AvgIpc) is 3.66. The fourth-order valence-corrected chi connectivity index (χ4v) is 3.22. The van der Waals surface area contributed by atoms with Gasteiger partial charge in [0.05, 0.1) is 26.4 Å². The molecule has 4 fully saturated rings. The molecule has 4 atom stereocenters. The van der Waals surface area contributed by atoms with Gasteiger partial charge in [-0.25, -0.2) is 0 Å². The molecule has 0 amide bonds. The van der Waals surface area contributed by atoms with Gasteiger partial charge in [0.1, 0.15) is 73.8 Å². The summed E-state index contributed by atoms with van der Waals surface area (Å²) in [4.78, 5) is 0. The third-order valence-electron chi connectivity index (χ3n) is 5.45. The first kappa shape index (κ1) is 20.1. The summed E-state index contributed by atoms with van der Waals surface area (Å²) in [6, 6.07) is 11.8. The Bertz CT molecular complexity index is 801. The molecule has 2 aromatic carbocycles.